The molecule has 0 saturated heterocycles. The fourth-order valence-electron chi connectivity index (χ4n) is 5.20. The zero-order valence-corrected chi connectivity index (χ0v) is 21.1. The lowest BCUT2D eigenvalue weighted by atomic mass is 9.65. The van der Waals surface area contributed by atoms with Crippen LogP contribution in [-0.4, -0.2) is 31.9 Å². The largest absolute Gasteiger partial charge is 0.342 e. The van der Waals surface area contributed by atoms with Gasteiger partial charge in [0.2, 0.25) is 5.91 Å². The van der Waals surface area contributed by atoms with Crippen molar-refractivity contribution in [1.82, 2.24) is 25.2 Å². The number of benzene rings is 2. The van der Waals surface area contributed by atoms with E-state index in [4.69, 9.17) is 16.6 Å². The molecule has 2 N–H and O–H groups in total. The molecule has 5 rings (SSSR count). The standard InChI is InChI=1S/C27H29ClN6O/c1-17-19(23(28)34(33-17)18-10-6-5-7-11-18)16-29-32-25(35)27(4)15-14-20(26(27,2)3)24-30-21-12-8-9-13-22(21)31-24/h5-13,16,20H,14-15H2,1-4H3,(H,30,31)(H,32,35)/b29-16-/t20-,27+/m0/s1. The first-order valence-electron chi connectivity index (χ1n) is 11.8. The van der Waals surface area contributed by atoms with Gasteiger partial charge in [-0.25, -0.2) is 15.1 Å². The lowest BCUT2D eigenvalue weighted by molar-refractivity contribution is -0.135. The van der Waals surface area contributed by atoms with Crippen LogP contribution in [-0.2, 0) is 4.79 Å². The molecule has 1 aliphatic rings. The van der Waals surface area contributed by atoms with Gasteiger partial charge in [-0.2, -0.15) is 10.2 Å². The molecule has 1 aliphatic carbocycles. The summed E-state index contributed by atoms with van der Waals surface area (Å²) in [6.07, 6.45) is 3.19. The minimum Gasteiger partial charge on any atom is -0.342 e. The Morgan fingerprint density at radius 1 is 1.17 bits per heavy atom. The fourth-order valence-corrected chi connectivity index (χ4v) is 5.52. The quantitative estimate of drug-likeness (QED) is 0.276. The van der Waals surface area contributed by atoms with E-state index in [-0.39, 0.29) is 17.2 Å². The van der Waals surface area contributed by atoms with Crippen molar-refractivity contribution in [2.75, 3.05) is 0 Å². The van der Waals surface area contributed by atoms with Crippen LogP contribution in [0.5, 0.6) is 0 Å². The average Bonchev–Trinajstić information content (AvgIpc) is 3.47. The van der Waals surface area contributed by atoms with Crippen LogP contribution in [0.25, 0.3) is 16.7 Å². The number of H-pyrrole nitrogens is 1. The lowest BCUT2D eigenvalue weighted by Crippen LogP contribution is -2.45. The maximum Gasteiger partial charge on any atom is 0.246 e. The predicted molar refractivity (Wildman–Crippen MR) is 139 cm³/mol. The zero-order valence-electron chi connectivity index (χ0n) is 20.3. The third-order valence-corrected chi connectivity index (χ3v) is 8.24. The highest BCUT2D eigenvalue weighted by Gasteiger charge is 2.57. The molecule has 2 atom stereocenters. The number of rotatable bonds is 5. The highest BCUT2D eigenvalue weighted by molar-refractivity contribution is 6.32. The van der Waals surface area contributed by atoms with E-state index in [1.165, 1.54) is 0 Å². The van der Waals surface area contributed by atoms with E-state index in [1.54, 1.807) is 10.9 Å². The van der Waals surface area contributed by atoms with Gasteiger partial charge in [0.15, 0.2) is 0 Å². The van der Waals surface area contributed by atoms with Crippen LogP contribution in [0, 0.1) is 17.8 Å². The summed E-state index contributed by atoms with van der Waals surface area (Å²) in [5.74, 6) is 0.962. The Labute approximate surface area is 209 Å². The van der Waals surface area contributed by atoms with Gasteiger partial charge >= 0.3 is 0 Å². The zero-order chi connectivity index (χ0) is 24.8. The fraction of sp³-hybridized carbons (Fsp3) is 0.333. The number of nitrogens with zero attached hydrogens (tertiary/aromatic N) is 4. The highest BCUT2D eigenvalue weighted by atomic mass is 35.5. The molecule has 0 aliphatic heterocycles. The van der Waals surface area contributed by atoms with E-state index < -0.39 is 5.41 Å². The number of carbonyl (C=O) groups excluding carboxylic acids is 1. The van der Waals surface area contributed by atoms with Crippen LogP contribution in [0.1, 0.15) is 56.6 Å². The first-order valence-corrected chi connectivity index (χ1v) is 12.2. The number of aryl methyl sites for hydroxylation is 1. The number of nitrogens with one attached hydrogen (secondary N) is 2. The second-order valence-corrected chi connectivity index (χ2v) is 10.4. The highest BCUT2D eigenvalue weighted by Crippen LogP contribution is 2.59. The number of para-hydroxylation sites is 3. The number of hydrogen-bond acceptors (Lipinski definition) is 4. The summed E-state index contributed by atoms with van der Waals surface area (Å²) in [5, 5.41) is 9.24. The molecule has 1 amide bonds. The summed E-state index contributed by atoms with van der Waals surface area (Å²) in [4.78, 5) is 21.7. The van der Waals surface area contributed by atoms with E-state index in [9.17, 15) is 4.79 Å². The van der Waals surface area contributed by atoms with Gasteiger partial charge in [0.1, 0.15) is 11.0 Å². The summed E-state index contributed by atoms with van der Waals surface area (Å²) in [5.41, 5.74) is 6.07. The van der Waals surface area contributed by atoms with Gasteiger partial charge in [-0.05, 0) is 49.4 Å². The summed E-state index contributed by atoms with van der Waals surface area (Å²) in [7, 11) is 0. The maximum atomic E-state index is 13.4. The molecular formula is C27H29ClN6O. The van der Waals surface area contributed by atoms with Crippen LogP contribution in [0.15, 0.2) is 59.7 Å². The second kappa shape index (κ2) is 8.64. The Morgan fingerprint density at radius 2 is 1.89 bits per heavy atom. The van der Waals surface area contributed by atoms with Gasteiger partial charge in [-0.15, -0.1) is 0 Å². The van der Waals surface area contributed by atoms with E-state index in [0.29, 0.717) is 10.7 Å². The molecule has 180 valence electrons. The molecule has 2 aromatic heterocycles. The van der Waals surface area contributed by atoms with Gasteiger partial charge in [-0.3, -0.25) is 4.79 Å². The monoisotopic (exact) mass is 488 g/mol. The first kappa shape index (κ1) is 23.3. The van der Waals surface area contributed by atoms with Crippen molar-refractivity contribution >= 4 is 34.8 Å². The van der Waals surface area contributed by atoms with Crippen LogP contribution < -0.4 is 5.43 Å². The molecule has 7 nitrogen and oxygen atoms in total. The van der Waals surface area contributed by atoms with Gasteiger partial charge in [0, 0.05) is 5.92 Å². The maximum absolute atomic E-state index is 13.4. The number of carbonyl (C=O) groups is 1. The molecule has 35 heavy (non-hydrogen) atoms. The lowest BCUT2D eigenvalue weighted by Gasteiger charge is -2.39. The average molecular weight is 489 g/mol. The number of fused-ring (bicyclic) bond motifs is 1. The Balaban J connectivity index is 1.34. The number of aromatic nitrogens is 4. The molecule has 0 radical (unpaired) electrons. The van der Waals surface area contributed by atoms with Crippen LogP contribution in [0.4, 0.5) is 0 Å². The summed E-state index contributed by atoms with van der Waals surface area (Å²) >= 11 is 6.59. The number of aromatic amines is 1. The Hall–Kier alpha value is -3.45. The SMILES string of the molecule is Cc1nn(-c2ccccc2)c(Cl)c1/C=N\NC(=O)[C@@]1(C)CC[C@@H](c2nc3ccccc3[nH]2)C1(C)C. The first-order chi connectivity index (χ1) is 16.7. The van der Waals surface area contributed by atoms with E-state index >= 15 is 0 Å². The van der Waals surface area contributed by atoms with Gasteiger partial charge in [0.05, 0.1) is 39.6 Å². The normalized spacial score (nSPS) is 21.7. The van der Waals surface area contributed by atoms with E-state index in [1.807, 2.05) is 68.4 Å². The Kier molecular flexibility index (Phi) is 5.75. The number of amides is 1. The van der Waals surface area contributed by atoms with Crippen molar-refractivity contribution in [2.24, 2.45) is 15.9 Å². The number of hydrogen-bond donors (Lipinski definition) is 2. The second-order valence-electron chi connectivity index (χ2n) is 10.0. The smallest absolute Gasteiger partial charge is 0.246 e. The van der Waals surface area contributed by atoms with Crippen molar-refractivity contribution in [1.29, 1.82) is 0 Å². The van der Waals surface area contributed by atoms with Crippen molar-refractivity contribution in [2.45, 2.75) is 46.5 Å². The van der Waals surface area contributed by atoms with Crippen LogP contribution in [0.3, 0.4) is 0 Å². The van der Waals surface area contributed by atoms with Crippen LogP contribution in [0.2, 0.25) is 5.15 Å². The predicted octanol–water partition coefficient (Wildman–Crippen LogP) is 5.77. The van der Waals surface area contributed by atoms with Gasteiger partial charge < -0.3 is 4.98 Å². The molecule has 0 unspecified atom stereocenters. The van der Waals surface area contributed by atoms with Crippen LogP contribution >= 0.6 is 11.6 Å². The molecule has 2 heterocycles. The Bertz CT molecular complexity index is 1390. The molecule has 1 saturated carbocycles. The molecule has 0 spiro atoms. The molecular weight excluding hydrogens is 460 g/mol. The molecule has 2 aromatic carbocycles. The summed E-state index contributed by atoms with van der Waals surface area (Å²) in [6, 6.07) is 17.7. The number of halogens is 1. The van der Waals surface area contributed by atoms with E-state index in [2.05, 4.69) is 34.5 Å². The van der Waals surface area contributed by atoms with Gasteiger partial charge in [0.25, 0.3) is 0 Å². The van der Waals surface area contributed by atoms with Gasteiger partial charge in [-0.1, -0.05) is 62.7 Å². The summed E-state index contributed by atoms with van der Waals surface area (Å²) in [6.45, 7) is 8.18. The number of hydrazone groups is 1. The molecule has 0 bridgehead atoms. The topological polar surface area (TPSA) is 88.0 Å². The van der Waals surface area contributed by atoms with Crippen molar-refractivity contribution in [3.8, 4) is 5.69 Å². The number of imidazole rings is 1. The molecule has 1 fully saturated rings. The van der Waals surface area contributed by atoms with E-state index in [0.717, 1.165) is 41.1 Å². The minimum atomic E-state index is -0.610. The molecule has 4 aromatic rings. The third-order valence-electron chi connectivity index (χ3n) is 7.87. The van der Waals surface area contributed by atoms with Crippen molar-refractivity contribution in [3.05, 3.63) is 76.8 Å². The Morgan fingerprint density at radius 3 is 2.63 bits per heavy atom. The third kappa shape index (κ3) is 3.84. The molecule has 8 heteroatoms. The van der Waals surface area contributed by atoms with Crippen molar-refractivity contribution in [3.63, 3.8) is 0 Å². The summed E-state index contributed by atoms with van der Waals surface area (Å²) < 4.78 is 1.67. The minimum absolute atomic E-state index is 0.110. The van der Waals surface area contributed by atoms with Crippen molar-refractivity contribution < 1.29 is 4.79 Å².